The fourth-order valence-corrected chi connectivity index (χ4v) is 1.42. The van der Waals surface area contributed by atoms with Crippen molar-refractivity contribution in [3.63, 3.8) is 0 Å². The van der Waals surface area contributed by atoms with E-state index in [4.69, 9.17) is 4.74 Å². The lowest BCUT2D eigenvalue weighted by molar-refractivity contribution is 0.411. The Labute approximate surface area is 91.8 Å². The third kappa shape index (κ3) is 3.90. The van der Waals surface area contributed by atoms with Gasteiger partial charge in [-0.2, -0.15) is 0 Å². The van der Waals surface area contributed by atoms with E-state index in [9.17, 15) is 0 Å². The summed E-state index contributed by atoms with van der Waals surface area (Å²) < 4.78 is 5.27. The van der Waals surface area contributed by atoms with Gasteiger partial charge in [0, 0.05) is 19.6 Å². The Morgan fingerprint density at radius 2 is 2.07 bits per heavy atom. The van der Waals surface area contributed by atoms with Crippen molar-refractivity contribution < 1.29 is 4.74 Å². The van der Waals surface area contributed by atoms with Gasteiger partial charge in [-0.05, 0) is 31.2 Å². The van der Waals surface area contributed by atoms with Gasteiger partial charge in [0.15, 0.2) is 0 Å². The predicted octanol–water partition coefficient (Wildman–Crippen LogP) is 1.31. The lowest BCUT2D eigenvalue weighted by Gasteiger charge is -2.08. The van der Waals surface area contributed by atoms with Crippen LogP contribution in [0.4, 0.5) is 0 Å². The molecule has 0 bridgehead atoms. The average molecular weight is 208 g/mol. The van der Waals surface area contributed by atoms with Crippen LogP contribution < -0.4 is 15.4 Å². The molecule has 0 saturated heterocycles. The van der Waals surface area contributed by atoms with Crippen LogP contribution in [0.3, 0.4) is 0 Å². The van der Waals surface area contributed by atoms with Crippen molar-refractivity contribution >= 4 is 0 Å². The molecule has 0 aliphatic heterocycles. The number of methoxy groups -OCH3 is 1. The Morgan fingerprint density at radius 3 is 2.73 bits per heavy atom. The molecular weight excluding hydrogens is 188 g/mol. The zero-order chi connectivity index (χ0) is 11.1. The molecule has 84 valence electrons. The summed E-state index contributed by atoms with van der Waals surface area (Å²) >= 11 is 0. The van der Waals surface area contributed by atoms with E-state index in [0.717, 1.165) is 25.4 Å². The van der Waals surface area contributed by atoms with Crippen molar-refractivity contribution in [2.75, 3.05) is 27.2 Å². The smallest absolute Gasteiger partial charge is 0.122 e. The highest BCUT2D eigenvalue weighted by atomic mass is 16.5. The number of nitrogens with one attached hydrogen (secondary N) is 2. The van der Waals surface area contributed by atoms with Crippen molar-refractivity contribution in [3.8, 4) is 5.75 Å². The number of aryl methyl sites for hydroxylation is 1. The monoisotopic (exact) mass is 208 g/mol. The summed E-state index contributed by atoms with van der Waals surface area (Å²) in [5.74, 6) is 0.961. The van der Waals surface area contributed by atoms with E-state index in [1.807, 2.05) is 7.05 Å². The van der Waals surface area contributed by atoms with Gasteiger partial charge in [-0.3, -0.25) is 0 Å². The Hall–Kier alpha value is -1.06. The molecule has 3 heteroatoms. The number of hydrogen-bond acceptors (Lipinski definition) is 3. The highest BCUT2D eigenvalue weighted by molar-refractivity contribution is 5.36. The Kier molecular flexibility index (Phi) is 5.15. The van der Waals surface area contributed by atoms with Crippen LogP contribution in [0.1, 0.15) is 11.1 Å². The summed E-state index contributed by atoms with van der Waals surface area (Å²) in [5.41, 5.74) is 2.44. The second kappa shape index (κ2) is 6.43. The van der Waals surface area contributed by atoms with E-state index in [-0.39, 0.29) is 0 Å². The van der Waals surface area contributed by atoms with Crippen molar-refractivity contribution in [2.24, 2.45) is 0 Å². The van der Waals surface area contributed by atoms with E-state index >= 15 is 0 Å². The summed E-state index contributed by atoms with van der Waals surface area (Å²) in [6.07, 6.45) is 0. The molecule has 15 heavy (non-hydrogen) atoms. The molecule has 0 unspecified atom stereocenters. The first-order chi connectivity index (χ1) is 7.27. The number of hydrogen-bond donors (Lipinski definition) is 2. The van der Waals surface area contributed by atoms with Crippen molar-refractivity contribution in [1.29, 1.82) is 0 Å². The highest BCUT2D eigenvalue weighted by Gasteiger charge is 1.99. The van der Waals surface area contributed by atoms with Crippen LogP contribution in [-0.4, -0.2) is 27.2 Å². The van der Waals surface area contributed by atoms with Gasteiger partial charge in [-0.25, -0.2) is 0 Å². The molecule has 0 fully saturated rings. The van der Waals surface area contributed by atoms with Gasteiger partial charge in [0.05, 0.1) is 7.11 Å². The standard InChI is InChI=1S/C12H20N2O/c1-10-4-5-11(8-12(10)15-3)9-14-7-6-13-2/h4-5,8,13-14H,6-7,9H2,1-3H3. The van der Waals surface area contributed by atoms with E-state index in [1.165, 1.54) is 11.1 Å². The van der Waals surface area contributed by atoms with Gasteiger partial charge in [-0.1, -0.05) is 12.1 Å². The summed E-state index contributed by atoms with van der Waals surface area (Å²) in [7, 11) is 3.66. The second-order valence-corrected chi connectivity index (χ2v) is 3.58. The number of rotatable bonds is 6. The topological polar surface area (TPSA) is 33.3 Å². The van der Waals surface area contributed by atoms with Gasteiger partial charge in [0.2, 0.25) is 0 Å². The predicted molar refractivity (Wildman–Crippen MR) is 63.4 cm³/mol. The minimum atomic E-state index is 0.887. The van der Waals surface area contributed by atoms with Crippen LogP contribution in [0.2, 0.25) is 0 Å². The maximum absolute atomic E-state index is 5.27. The van der Waals surface area contributed by atoms with Gasteiger partial charge in [0.1, 0.15) is 5.75 Å². The zero-order valence-corrected chi connectivity index (χ0v) is 9.76. The minimum absolute atomic E-state index is 0.887. The Bertz CT molecular complexity index is 300. The van der Waals surface area contributed by atoms with Crippen molar-refractivity contribution in [1.82, 2.24) is 10.6 Å². The van der Waals surface area contributed by atoms with Crippen molar-refractivity contribution in [2.45, 2.75) is 13.5 Å². The van der Waals surface area contributed by atoms with Gasteiger partial charge in [0.25, 0.3) is 0 Å². The molecule has 0 amide bonds. The molecule has 0 heterocycles. The first-order valence-corrected chi connectivity index (χ1v) is 5.26. The molecule has 1 aromatic rings. The third-order valence-corrected chi connectivity index (χ3v) is 2.35. The quantitative estimate of drug-likeness (QED) is 0.692. The lowest BCUT2D eigenvalue weighted by atomic mass is 10.1. The number of ether oxygens (including phenoxy) is 1. The molecule has 0 radical (unpaired) electrons. The molecule has 0 atom stereocenters. The lowest BCUT2D eigenvalue weighted by Crippen LogP contribution is -2.24. The van der Waals surface area contributed by atoms with Crippen molar-refractivity contribution in [3.05, 3.63) is 29.3 Å². The van der Waals surface area contributed by atoms with Crippen LogP contribution in [0.5, 0.6) is 5.75 Å². The normalized spacial score (nSPS) is 10.3. The first-order valence-electron chi connectivity index (χ1n) is 5.26. The molecule has 0 aliphatic rings. The van der Waals surface area contributed by atoms with Crippen LogP contribution in [0.25, 0.3) is 0 Å². The molecule has 1 aromatic carbocycles. The van der Waals surface area contributed by atoms with E-state index < -0.39 is 0 Å². The van der Waals surface area contributed by atoms with Gasteiger partial charge in [-0.15, -0.1) is 0 Å². The Balaban J connectivity index is 2.47. The molecule has 0 aliphatic carbocycles. The van der Waals surface area contributed by atoms with Crippen LogP contribution in [0.15, 0.2) is 18.2 Å². The summed E-state index contributed by atoms with van der Waals surface area (Å²) in [6.45, 7) is 4.91. The average Bonchev–Trinajstić information content (AvgIpc) is 2.26. The van der Waals surface area contributed by atoms with Crippen LogP contribution in [0, 0.1) is 6.92 Å². The molecule has 3 nitrogen and oxygen atoms in total. The fraction of sp³-hybridized carbons (Fsp3) is 0.500. The third-order valence-electron chi connectivity index (χ3n) is 2.35. The SMILES string of the molecule is CNCCNCc1ccc(C)c(OC)c1. The number of benzene rings is 1. The fourth-order valence-electron chi connectivity index (χ4n) is 1.42. The maximum atomic E-state index is 5.27. The zero-order valence-electron chi connectivity index (χ0n) is 9.76. The molecule has 1 rings (SSSR count). The summed E-state index contributed by atoms with van der Waals surface area (Å²) in [6, 6.07) is 6.31. The van der Waals surface area contributed by atoms with E-state index in [1.54, 1.807) is 7.11 Å². The minimum Gasteiger partial charge on any atom is -0.496 e. The van der Waals surface area contributed by atoms with E-state index in [0.29, 0.717) is 0 Å². The van der Waals surface area contributed by atoms with E-state index in [2.05, 4.69) is 35.8 Å². The molecule has 0 spiro atoms. The highest BCUT2D eigenvalue weighted by Crippen LogP contribution is 2.18. The summed E-state index contributed by atoms with van der Waals surface area (Å²) in [4.78, 5) is 0. The molecular formula is C12H20N2O. The Morgan fingerprint density at radius 1 is 1.27 bits per heavy atom. The second-order valence-electron chi connectivity index (χ2n) is 3.58. The largest absolute Gasteiger partial charge is 0.496 e. The maximum Gasteiger partial charge on any atom is 0.122 e. The molecule has 0 saturated carbocycles. The van der Waals surface area contributed by atoms with Gasteiger partial charge >= 0.3 is 0 Å². The van der Waals surface area contributed by atoms with Crippen LogP contribution >= 0.6 is 0 Å². The summed E-state index contributed by atoms with van der Waals surface area (Å²) in [5, 5.41) is 6.45. The first kappa shape index (κ1) is 12.0. The molecule has 2 N–H and O–H groups in total. The molecule has 0 aromatic heterocycles. The van der Waals surface area contributed by atoms with Crippen LogP contribution in [-0.2, 0) is 6.54 Å². The van der Waals surface area contributed by atoms with Gasteiger partial charge < -0.3 is 15.4 Å². The number of likely N-dealkylation sites (N-methyl/N-ethyl adjacent to an activating group) is 1.